The number of rotatable bonds is 6. The normalized spacial score (nSPS) is 20.8. The molecule has 2 fully saturated rings. The summed E-state index contributed by atoms with van der Waals surface area (Å²) in [7, 11) is -4.38. The molecule has 3 aromatic rings. The van der Waals surface area contributed by atoms with E-state index in [9.17, 15) is 35.2 Å². The first kappa shape index (κ1) is 27.1. The number of aromatic nitrogens is 2. The Kier molecular flexibility index (Phi) is 6.66. The highest BCUT2D eigenvalue weighted by atomic mass is 32.2. The summed E-state index contributed by atoms with van der Waals surface area (Å²) in [6.07, 6.45) is -4.48. The van der Waals surface area contributed by atoms with E-state index in [-0.39, 0.29) is 34.6 Å². The molecule has 1 saturated heterocycles. The number of sulfonamides is 1. The van der Waals surface area contributed by atoms with E-state index < -0.39 is 70.2 Å². The number of benzene rings is 1. The van der Waals surface area contributed by atoms with Gasteiger partial charge < -0.3 is 5.32 Å². The van der Waals surface area contributed by atoms with Gasteiger partial charge in [0.05, 0.1) is 22.3 Å². The van der Waals surface area contributed by atoms with E-state index in [1.54, 1.807) is 0 Å². The Hall–Kier alpha value is -3.52. The van der Waals surface area contributed by atoms with Crippen molar-refractivity contribution in [3.05, 3.63) is 77.8 Å². The van der Waals surface area contributed by atoms with Gasteiger partial charge in [-0.25, -0.2) is 21.6 Å². The van der Waals surface area contributed by atoms with Gasteiger partial charge in [-0.2, -0.15) is 17.5 Å². The summed E-state index contributed by atoms with van der Waals surface area (Å²) < 4.78 is 109. The van der Waals surface area contributed by atoms with Crippen molar-refractivity contribution in [2.75, 3.05) is 0 Å². The predicted octanol–water partition coefficient (Wildman–Crippen LogP) is 4.39. The van der Waals surface area contributed by atoms with Crippen LogP contribution in [0.3, 0.4) is 0 Å². The maximum atomic E-state index is 15.0. The smallest absolute Gasteiger partial charge is 0.351 e. The number of nitrogens with zero attached hydrogens (tertiary/aromatic N) is 3. The minimum Gasteiger partial charge on any atom is -0.351 e. The number of hydrogen-bond donors (Lipinski definition) is 1. The van der Waals surface area contributed by atoms with Crippen molar-refractivity contribution in [1.29, 1.82) is 0 Å². The molecule has 1 aliphatic heterocycles. The number of halogens is 6. The molecule has 1 aromatic carbocycles. The molecule has 1 N–H and O–H groups in total. The van der Waals surface area contributed by atoms with Crippen molar-refractivity contribution in [2.45, 2.75) is 54.6 Å². The van der Waals surface area contributed by atoms with E-state index in [2.05, 4.69) is 15.3 Å². The zero-order valence-corrected chi connectivity index (χ0v) is 20.7. The van der Waals surface area contributed by atoms with Gasteiger partial charge in [0.15, 0.2) is 0 Å². The minimum atomic E-state index is -4.64. The van der Waals surface area contributed by atoms with E-state index in [1.165, 1.54) is 6.07 Å². The lowest BCUT2D eigenvalue weighted by atomic mass is 10.1. The van der Waals surface area contributed by atoms with Crippen molar-refractivity contribution in [1.82, 2.24) is 19.6 Å². The van der Waals surface area contributed by atoms with Gasteiger partial charge in [-0.1, -0.05) is 0 Å². The van der Waals surface area contributed by atoms with Crippen LogP contribution in [0.4, 0.5) is 26.3 Å². The fraction of sp³-hybridized carbons (Fsp3) is 0.320. The SMILES string of the molecule is O=C(NCc1cc(-c2ccc(C(F)(F)F)nc2)ncc1F)[C@@H]1C[C@@H](F)C2(CC2)N1S(=O)(=O)c1ccc(F)cc1. The Labute approximate surface area is 218 Å². The maximum Gasteiger partial charge on any atom is 0.433 e. The predicted molar refractivity (Wildman–Crippen MR) is 125 cm³/mol. The zero-order valence-electron chi connectivity index (χ0n) is 19.9. The molecule has 0 radical (unpaired) electrons. The summed E-state index contributed by atoms with van der Waals surface area (Å²) in [6.45, 7) is -0.431. The molecule has 2 aromatic heterocycles. The van der Waals surface area contributed by atoms with Crippen LogP contribution in [-0.4, -0.2) is 46.4 Å². The molecule has 0 bridgehead atoms. The van der Waals surface area contributed by atoms with E-state index in [0.717, 1.165) is 53.1 Å². The quantitative estimate of drug-likeness (QED) is 0.444. The van der Waals surface area contributed by atoms with E-state index in [4.69, 9.17) is 0 Å². The first-order valence-electron chi connectivity index (χ1n) is 11.7. The second kappa shape index (κ2) is 9.59. The number of carbonyl (C=O) groups excluding carboxylic acids is 1. The second-order valence-electron chi connectivity index (χ2n) is 9.39. The fourth-order valence-electron chi connectivity index (χ4n) is 4.75. The Bertz CT molecular complexity index is 1510. The van der Waals surface area contributed by atoms with Gasteiger partial charge in [-0.05, 0) is 55.3 Å². The van der Waals surface area contributed by atoms with Crippen LogP contribution in [0.25, 0.3) is 11.3 Å². The largest absolute Gasteiger partial charge is 0.433 e. The highest BCUT2D eigenvalue weighted by Crippen LogP contribution is 2.55. The molecule has 1 amide bonds. The lowest BCUT2D eigenvalue weighted by molar-refractivity contribution is -0.141. The average Bonchev–Trinajstić information content (AvgIpc) is 3.62. The van der Waals surface area contributed by atoms with Crippen LogP contribution < -0.4 is 5.32 Å². The topological polar surface area (TPSA) is 92.3 Å². The standard InChI is InChI=1S/C25H20F6N4O3S/c26-16-2-4-17(5-3-16)39(37,38)35-20(10-21(28)24(35)7-8-24)23(36)34-12-15-9-19(32-13-18(15)27)14-1-6-22(33-11-14)25(29,30)31/h1-6,9,11,13,20-21H,7-8,10,12H2,(H,34,36)/t20-,21+/m0/s1. The number of amides is 1. The number of carbonyl (C=O) groups is 1. The summed E-state index contributed by atoms with van der Waals surface area (Å²) in [4.78, 5) is 20.0. The molecule has 1 saturated carbocycles. The lowest BCUT2D eigenvalue weighted by Gasteiger charge is -2.29. The molecule has 0 unspecified atom stereocenters. The average molecular weight is 571 g/mol. The maximum absolute atomic E-state index is 15.0. The van der Waals surface area contributed by atoms with Crippen molar-refractivity contribution in [3.63, 3.8) is 0 Å². The molecule has 5 rings (SSSR count). The van der Waals surface area contributed by atoms with Gasteiger partial charge in [-0.15, -0.1) is 0 Å². The first-order valence-corrected chi connectivity index (χ1v) is 13.2. The Morgan fingerprint density at radius 3 is 2.33 bits per heavy atom. The number of pyridine rings is 2. The van der Waals surface area contributed by atoms with Crippen LogP contribution in [0.5, 0.6) is 0 Å². The van der Waals surface area contributed by atoms with Crippen LogP contribution in [0, 0.1) is 11.6 Å². The van der Waals surface area contributed by atoms with Gasteiger partial charge in [0.2, 0.25) is 15.9 Å². The number of hydrogen-bond acceptors (Lipinski definition) is 5. The van der Waals surface area contributed by atoms with Crippen LogP contribution in [0.15, 0.2) is 59.8 Å². The summed E-state index contributed by atoms with van der Waals surface area (Å²) in [5, 5.41) is 2.43. The van der Waals surface area contributed by atoms with Crippen LogP contribution >= 0.6 is 0 Å². The summed E-state index contributed by atoms with van der Waals surface area (Å²) in [5.41, 5.74) is -2.32. The molecular weight excluding hydrogens is 550 g/mol. The third kappa shape index (κ3) is 4.98. The highest BCUT2D eigenvalue weighted by molar-refractivity contribution is 7.89. The molecule has 14 heteroatoms. The molecular formula is C25H20F6N4O3S. The van der Waals surface area contributed by atoms with Crippen molar-refractivity contribution in [2.24, 2.45) is 0 Å². The van der Waals surface area contributed by atoms with Crippen molar-refractivity contribution < 1.29 is 39.6 Å². The van der Waals surface area contributed by atoms with Gasteiger partial charge >= 0.3 is 6.18 Å². The molecule has 7 nitrogen and oxygen atoms in total. The summed E-state index contributed by atoms with van der Waals surface area (Å²) >= 11 is 0. The van der Waals surface area contributed by atoms with Crippen molar-refractivity contribution >= 4 is 15.9 Å². The second-order valence-corrected chi connectivity index (χ2v) is 11.2. The van der Waals surface area contributed by atoms with E-state index in [1.807, 2.05) is 0 Å². The van der Waals surface area contributed by atoms with Crippen LogP contribution in [0.2, 0.25) is 0 Å². The van der Waals surface area contributed by atoms with Gasteiger partial charge in [0.1, 0.15) is 29.5 Å². The van der Waals surface area contributed by atoms with Gasteiger partial charge in [0, 0.05) is 30.3 Å². The molecule has 2 atom stereocenters. The van der Waals surface area contributed by atoms with Crippen LogP contribution in [0.1, 0.15) is 30.5 Å². The minimum absolute atomic E-state index is 0.0860. The zero-order chi connectivity index (χ0) is 28.2. The van der Waals surface area contributed by atoms with Gasteiger partial charge in [-0.3, -0.25) is 14.8 Å². The Balaban J connectivity index is 1.36. The van der Waals surface area contributed by atoms with Crippen molar-refractivity contribution in [3.8, 4) is 11.3 Å². The molecule has 39 heavy (non-hydrogen) atoms. The highest BCUT2D eigenvalue weighted by Gasteiger charge is 2.67. The number of nitrogens with one attached hydrogen (secondary N) is 1. The Morgan fingerprint density at radius 1 is 1.05 bits per heavy atom. The summed E-state index contributed by atoms with van der Waals surface area (Å²) in [5.74, 6) is -2.36. The molecule has 1 aliphatic carbocycles. The lowest BCUT2D eigenvalue weighted by Crippen LogP contribution is -2.50. The Morgan fingerprint density at radius 2 is 1.74 bits per heavy atom. The first-order chi connectivity index (χ1) is 18.3. The van der Waals surface area contributed by atoms with E-state index in [0.29, 0.717) is 0 Å². The van der Waals surface area contributed by atoms with Gasteiger partial charge in [0.25, 0.3) is 0 Å². The van der Waals surface area contributed by atoms with Crippen LogP contribution in [-0.2, 0) is 27.5 Å². The molecule has 206 valence electrons. The number of alkyl halides is 4. The molecule has 3 heterocycles. The third-order valence-electron chi connectivity index (χ3n) is 6.91. The monoisotopic (exact) mass is 570 g/mol. The van der Waals surface area contributed by atoms with E-state index >= 15 is 4.39 Å². The molecule has 2 aliphatic rings. The fourth-order valence-corrected chi connectivity index (χ4v) is 6.75. The third-order valence-corrected chi connectivity index (χ3v) is 8.91. The molecule has 1 spiro atoms. The summed E-state index contributed by atoms with van der Waals surface area (Å²) in [6, 6.07) is 5.60.